The Hall–Kier alpha value is -2.44. The fraction of sp³-hybridized carbons (Fsp3) is 0.429. The molecule has 0 bridgehead atoms. The van der Waals surface area contributed by atoms with Gasteiger partial charge in [-0.3, -0.25) is 0 Å². The number of carbonyl (C=O) groups excluding carboxylic acids is 1. The van der Waals surface area contributed by atoms with Gasteiger partial charge in [-0.15, -0.1) is 0 Å². The number of amides is 2. The number of carboxylic acid groups (broad SMARTS) is 1. The molecule has 0 saturated heterocycles. The lowest BCUT2D eigenvalue weighted by Gasteiger charge is -2.20. The third kappa shape index (κ3) is 3.56. The van der Waals surface area contributed by atoms with Gasteiger partial charge >= 0.3 is 12.0 Å². The highest BCUT2D eigenvalue weighted by Gasteiger charge is 2.25. The van der Waals surface area contributed by atoms with Crippen molar-refractivity contribution in [3.63, 3.8) is 0 Å². The van der Waals surface area contributed by atoms with Crippen LogP contribution in [0.1, 0.15) is 20.3 Å². The monoisotopic (exact) mass is 294 g/mol. The average Bonchev–Trinajstić information content (AvgIpc) is 2.91. The predicted octanol–water partition coefficient (Wildman–Crippen LogP) is 2.04. The number of nitrogens with one attached hydrogen (secondary N) is 2. The fourth-order valence-electron chi connectivity index (χ4n) is 1.97. The first kappa shape index (κ1) is 15.0. The van der Waals surface area contributed by atoms with Gasteiger partial charge < -0.3 is 25.2 Å². The van der Waals surface area contributed by atoms with E-state index >= 15 is 0 Å². The van der Waals surface area contributed by atoms with E-state index in [9.17, 15) is 9.59 Å². The first-order valence-electron chi connectivity index (χ1n) is 6.71. The summed E-state index contributed by atoms with van der Waals surface area (Å²) in [6, 6.07) is 3.47. The summed E-state index contributed by atoms with van der Waals surface area (Å²) in [7, 11) is 0. The number of ether oxygens (including phenoxy) is 2. The molecular formula is C14H18N2O5. The standard InChI is InChI=1S/C14H18N2O5/c1-3-8(2)12(13(17)18)16-14(19)15-9-4-5-10-11(6-9)21-7-20-10/h4-6,8,12H,3,7H2,1-2H3,(H,17,18)(H2,15,16,19)/t8-,12+/m1/s1. The van der Waals surface area contributed by atoms with Crippen LogP contribution in [0.25, 0.3) is 0 Å². The molecule has 2 amide bonds. The third-order valence-electron chi connectivity index (χ3n) is 3.40. The Kier molecular flexibility index (Phi) is 4.52. The predicted molar refractivity (Wildman–Crippen MR) is 75.6 cm³/mol. The van der Waals surface area contributed by atoms with Gasteiger partial charge in [0.25, 0.3) is 0 Å². The first-order valence-corrected chi connectivity index (χ1v) is 6.71. The van der Waals surface area contributed by atoms with E-state index in [1.54, 1.807) is 25.1 Å². The van der Waals surface area contributed by atoms with Crippen LogP contribution in [-0.4, -0.2) is 29.9 Å². The van der Waals surface area contributed by atoms with E-state index in [1.165, 1.54) is 0 Å². The quantitative estimate of drug-likeness (QED) is 0.772. The highest BCUT2D eigenvalue weighted by molar-refractivity contribution is 5.92. The molecule has 0 unspecified atom stereocenters. The molecule has 21 heavy (non-hydrogen) atoms. The Balaban J connectivity index is 1.99. The lowest BCUT2D eigenvalue weighted by atomic mass is 9.99. The zero-order chi connectivity index (χ0) is 15.4. The fourth-order valence-corrected chi connectivity index (χ4v) is 1.97. The summed E-state index contributed by atoms with van der Waals surface area (Å²) < 4.78 is 10.4. The average molecular weight is 294 g/mol. The molecule has 1 aliphatic rings. The normalized spacial score (nSPS) is 15.1. The number of urea groups is 1. The lowest BCUT2D eigenvalue weighted by molar-refractivity contribution is -0.140. The number of hydrogen-bond acceptors (Lipinski definition) is 4. The van der Waals surface area contributed by atoms with Crippen LogP contribution in [0.3, 0.4) is 0 Å². The molecule has 7 heteroatoms. The van der Waals surface area contributed by atoms with Crippen LogP contribution in [0.5, 0.6) is 11.5 Å². The van der Waals surface area contributed by atoms with E-state index in [2.05, 4.69) is 10.6 Å². The minimum absolute atomic E-state index is 0.153. The first-order chi connectivity index (χ1) is 10.0. The number of hydrogen-bond donors (Lipinski definition) is 3. The Labute approximate surface area is 122 Å². The van der Waals surface area contributed by atoms with Gasteiger partial charge in [0.2, 0.25) is 6.79 Å². The van der Waals surface area contributed by atoms with Crippen molar-refractivity contribution in [2.45, 2.75) is 26.3 Å². The Morgan fingerprint density at radius 2 is 2.05 bits per heavy atom. The number of aliphatic carboxylic acids is 1. The molecule has 0 aliphatic carbocycles. The number of carboxylic acids is 1. The number of rotatable bonds is 5. The molecule has 0 saturated carbocycles. The van der Waals surface area contributed by atoms with Gasteiger partial charge in [0.05, 0.1) is 0 Å². The van der Waals surface area contributed by atoms with Crippen molar-refractivity contribution in [1.29, 1.82) is 0 Å². The van der Waals surface area contributed by atoms with Gasteiger partial charge in [-0.2, -0.15) is 0 Å². The zero-order valence-corrected chi connectivity index (χ0v) is 11.9. The second-order valence-corrected chi connectivity index (χ2v) is 4.87. The molecule has 1 aromatic carbocycles. The summed E-state index contributed by atoms with van der Waals surface area (Å²) in [5.41, 5.74) is 0.505. The number of benzene rings is 1. The summed E-state index contributed by atoms with van der Waals surface area (Å²) >= 11 is 0. The van der Waals surface area contributed by atoms with Gasteiger partial charge in [0.1, 0.15) is 6.04 Å². The van der Waals surface area contributed by atoms with Crippen LogP contribution in [0.2, 0.25) is 0 Å². The van der Waals surface area contributed by atoms with Gasteiger partial charge in [-0.1, -0.05) is 20.3 Å². The van der Waals surface area contributed by atoms with Crippen molar-refractivity contribution < 1.29 is 24.2 Å². The zero-order valence-electron chi connectivity index (χ0n) is 11.9. The molecule has 3 N–H and O–H groups in total. The molecule has 2 rings (SSSR count). The second-order valence-electron chi connectivity index (χ2n) is 4.87. The van der Waals surface area contributed by atoms with Crippen molar-refractivity contribution >= 4 is 17.7 Å². The van der Waals surface area contributed by atoms with Crippen LogP contribution in [0.4, 0.5) is 10.5 Å². The SMILES string of the molecule is CC[C@@H](C)[C@H](NC(=O)Nc1ccc2c(c1)OCO2)C(=O)O. The molecule has 0 spiro atoms. The van der Waals surface area contributed by atoms with E-state index < -0.39 is 18.0 Å². The Morgan fingerprint density at radius 1 is 1.33 bits per heavy atom. The number of carbonyl (C=O) groups is 2. The second kappa shape index (κ2) is 6.34. The van der Waals surface area contributed by atoms with Crippen LogP contribution in [0, 0.1) is 5.92 Å². The largest absolute Gasteiger partial charge is 0.480 e. The van der Waals surface area contributed by atoms with Crippen LogP contribution in [0.15, 0.2) is 18.2 Å². The van der Waals surface area contributed by atoms with Crippen molar-refractivity contribution in [2.24, 2.45) is 5.92 Å². The summed E-state index contributed by atoms with van der Waals surface area (Å²) in [6.45, 7) is 3.80. The molecule has 1 aromatic rings. The lowest BCUT2D eigenvalue weighted by Crippen LogP contribution is -2.46. The molecule has 7 nitrogen and oxygen atoms in total. The highest BCUT2D eigenvalue weighted by Crippen LogP contribution is 2.34. The summed E-state index contributed by atoms with van der Waals surface area (Å²) in [4.78, 5) is 23.1. The molecular weight excluding hydrogens is 276 g/mol. The molecule has 0 radical (unpaired) electrons. The van der Waals surface area contributed by atoms with Crippen molar-refractivity contribution in [3.8, 4) is 11.5 Å². The molecule has 114 valence electrons. The maximum absolute atomic E-state index is 11.9. The third-order valence-corrected chi connectivity index (χ3v) is 3.40. The molecule has 0 aromatic heterocycles. The maximum Gasteiger partial charge on any atom is 0.326 e. The van der Waals surface area contributed by atoms with Gasteiger partial charge in [0, 0.05) is 11.8 Å². The van der Waals surface area contributed by atoms with Crippen molar-refractivity contribution in [2.75, 3.05) is 12.1 Å². The minimum atomic E-state index is -1.05. The molecule has 2 atom stereocenters. The van der Waals surface area contributed by atoms with Gasteiger partial charge in [0.15, 0.2) is 11.5 Å². The highest BCUT2D eigenvalue weighted by atomic mass is 16.7. The Morgan fingerprint density at radius 3 is 2.71 bits per heavy atom. The van der Waals surface area contributed by atoms with Crippen molar-refractivity contribution in [1.82, 2.24) is 5.32 Å². The molecule has 1 heterocycles. The number of anilines is 1. The maximum atomic E-state index is 11.9. The van der Waals surface area contributed by atoms with Gasteiger partial charge in [-0.25, -0.2) is 9.59 Å². The van der Waals surface area contributed by atoms with E-state index in [1.807, 2.05) is 6.92 Å². The molecule has 0 fully saturated rings. The van der Waals surface area contributed by atoms with Crippen molar-refractivity contribution in [3.05, 3.63) is 18.2 Å². The van der Waals surface area contributed by atoms with Gasteiger partial charge in [-0.05, 0) is 18.1 Å². The van der Waals surface area contributed by atoms with Crippen LogP contribution < -0.4 is 20.1 Å². The molecule has 1 aliphatic heterocycles. The van der Waals surface area contributed by atoms with Crippen LogP contribution in [-0.2, 0) is 4.79 Å². The summed E-state index contributed by atoms with van der Waals surface area (Å²) in [5.74, 6) is -0.0522. The number of fused-ring (bicyclic) bond motifs is 1. The van der Waals surface area contributed by atoms with E-state index in [4.69, 9.17) is 14.6 Å². The summed E-state index contributed by atoms with van der Waals surface area (Å²) in [5, 5.41) is 14.2. The summed E-state index contributed by atoms with van der Waals surface area (Å²) in [6.07, 6.45) is 0.654. The van der Waals surface area contributed by atoms with E-state index in [0.29, 0.717) is 23.6 Å². The van der Waals surface area contributed by atoms with E-state index in [0.717, 1.165) is 0 Å². The Bertz CT molecular complexity index is 546. The van der Waals surface area contributed by atoms with E-state index in [-0.39, 0.29) is 12.7 Å². The smallest absolute Gasteiger partial charge is 0.326 e. The topological polar surface area (TPSA) is 96.9 Å². The minimum Gasteiger partial charge on any atom is -0.480 e. The van der Waals surface area contributed by atoms with Crippen LogP contribution >= 0.6 is 0 Å².